The quantitative estimate of drug-likeness (QED) is 0.743. The molecular weight excluding hydrogens is 350 g/mol. The highest BCUT2D eigenvalue weighted by molar-refractivity contribution is 7.92. The van der Waals surface area contributed by atoms with Gasteiger partial charge in [-0.3, -0.25) is 4.72 Å². The lowest BCUT2D eigenvalue weighted by atomic mass is 10.1. The Kier molecular flexibility index (Phi) is 4.37. The number of sulfonamides is 1. The Bertz CT molecular complexity index is 959. The third-order valence-corrected chi connectivity index (χ3v) is 4.85. The summed E-state index contributed by atoms with van der Waals surface area (Å²) in [7, 11) is -3.85. The van der Waals surface area contributed by atoms with Gasteiger partial charge in [0, 0.05) is 16.8 Å². The van der Waals surface area contributed by atoms with E-state index in [4.69, 9.17) is 11.6 Å². The van der Waals surface area contributed by atoms with Crippen molar-refractivity contribution in [1.29, 1.82) is 0 Å². The number of nitrogens with zero attached hydrogens (tertiary/aromatic N) is 2. The first-order chi connectivity index (χ1) is 11.5. The number of hydrogen-bond acceptors (Lipinski definition) is 5. The molecule has 0 bridgehead atoms. The van der Waals surface area contributed by atoms with Gasteiger partial charge >= 0.3 is 0 Å². The number of rotatable bonds is 4. The van der Waals surface area contributed by atoms with E-state index in [1.165, 1.54) is 36.8 Å². The molecule has 0 radical (unpaired) electrons. The van der Waals surface area contributed by atoms with Crippen molar-refractivity contribution in [3.05, 3.63) is 66.1 Å². The van der Waals surface area contributed by atoms with E-state index in [2.05, 4.69) is 14.7 Å². The van der Waals surface area contributed by atoms with Gasteiger partial charge in [-0.15, -0.1) is 0 Å². The number of halogens is 1. The second kappa shape index (κ2) is 6.46. The standard InChI is InChI=1S/C16H12ClN3O3S/c17-12-3-1-11(2-4-12)15-9-18-10-19-16(15)20-24(22,23)14-7-5-13(21)6-8-14/h1-10,21H,(H,18,19,20). The molecule has 6 nitrogen and oxygen atoms in total. The van der Waals surface area contributed by atoms with Crippen LogP contribution in [0.2, 0.25) is 5.02 Å². The monoisotopic (exact) mass is 361 g/mol. The highest BCUT2D eigenvalue weighted by Gasteiger charge is 2.17. The van der Waals surface area contributed by atoms with E-state index in [0.29, 0.717) is 10.6 Å². The summed E-state index contributed by atoms with van der Waals surface area (Å²) in [6, 6.07) is 12.1. The second-order valence-electron chi connectivity index (χ2n) is 4.89. The summed E-state index contributed by atoms with van der Waals surface area (Å²) in [5.41, 5.74) is 1.25. The predicted molar refractivity (Wildman–Crippen MR) is 91.4 cm³/mol. The van der Waals surface area contributed by atoms with Gasteiger partial charge in [0.1, 0.15) is 12.1 Å². The molecule has 1 heterocycles. The van der Waals surface area contributed by atoms with Crippen LogP contribution in [0.15, 0.2) is 66.0 Å². The fourth-order valence-corrected chi connectivity index (χ4v) is 3.22. The first-order valence-corrected chi connectivity index (χ1v) is 8.69. The Balaban J connectivity index is 1.98. The number of nitrogens with one attached hydrogen (secondary N) is 1. The van der Waals surface area contributed by atoms with Gasteiger partial charge in [-0.1, -0.05) is 23.7 Å². The molecule has 0 aliphatic rings. The first-order valence-electron chi connectivity index (χ1n) is 6.83. The molecule has 2 aromatic carbocycles. The summed E-state index contributed by atoms with van der Waals surface area (Å²) < 4.78 is 27.4. The van der Waals surface area contributed by atoms with E-state index >= 15 is 0 Å². The molecule has 8 heteroatoms. The zero-order chi connectivity index (χ0) is 17.2. The molecule has 3 aromatic rings. The Morgan fingerprint density at radius 3 is 2.33 bits per heavy atom. The molecule has 1 aromatic heterocycles. The van der Waals surface area contributed by atoms with Gasteiger partial charge in [-0.25, -0.2) is 18.4 Å². The average molecular weight is 362 g/mol. The Labute approximate surface area is 143 Å². The molecule has 0 atom stereocenters. The summed E-state index contributed by atoms with van der Waals surface area (Å²) in [4.78, 5) is 7.98. The summed E-state index contributed by atoms with van der Waals surface area (Å²) in [6.45, 7) is 0. The molecule has 0 aliphatic heterocycles. The van der Waals surface area contributed by atoms with Crippen LogP contribution in [0.1, 0.15) is 0 Å². The van der Waals surface area contributed by atoms with Crippen molar-refractivity contribution in [3.8, 4) is 16.9 Å². The topological polar surface area (TPSA) is 92.2 Å². The van der Waals surface area contributed by atoms with Crippen molar-refractivity contribution in [3.63, 3.8) is 0 Å². The maximum atomic E-state index is 12.5. The van der Waals surface area contributed by atoms with Crippen LogP contribution >= 0.6 is 11.6 Å². The number of anilines is 1. The summed E-state index contributed by atoms with van der Waals surface area (Å²) in [5, 5.41) is 9.85. The average Bonchev–Trinajstić information content (AvgIpc) is 2.56. The van der Waals surface area contributed by atoms with Crippen LogP contribution in [0.3, 0.4) is 0 Å². The normalized spacial score (nSPS) is 11.2. The highest BCUT2D eigenvalue weighted by atomic mass is 35.5. The molecule has 0 spiro atoms. The largest absolute Gasteiger partial charge is 0.508 e. The Hall–Kier alpha value is -2.64. The van der Waals surface area contributed by atoms with Gasteiger partial charge in [0.15, 0.2) is 5.82 Å². The van der Waals surface area contributed by atoms with E-state index in [1.807, 2.05) is 0 Å². The number of aromatic nitrogens is 2. The second-order valence-corrected chi connectivity index (χ2v) is 7.01. The van der Waals surface area contributed by atoms with Crippen molar-refractivity contribution in [1.82, 2.24) is 9.97 Å². The van der Waals surface area contributed by atoms with Gasteiger partial charge in [-0.05, 0) is 42.0 Å². The molecule has 0 unspecified atom stereocenters. The van der Waals surface area contributed by atoms with Gasteiger partial charge in [-0.2, -0.15) is 0 Å². The minimum Gasteiger partial charge on any atom is -0.508 e. The van der Waals surface area contributed by atoms with Crippen LogP contribution in [0.25, 0.3) is 11.1 Å². The number of phenolic OH excluding ortho intramolecular Hbond substituents is 1. The van der Waals surface area contributed by atoms with Gasteiger partial charge < -0.3 is 5.11 Å². The number of phenols is 1. The molecule has 2 N–H and O–H groups in total. The fraction of sp³-hybridized carbons (Fsp3) is 0. The SMILES string of the molecule is O=S(=O)(Nc1ncncc1-c1ccc(Cl)cc1)c1ccc(O)cc1. The number of hydrogen-bond donors (Lipinski definition) is 2. The van der Waals surface area contributed by atoms with E-state index in [1.54, 1.807) is 24.3 Å². The van der Waals surface area contributed by atoms with E-state index in [-0.39, 0.29) is 16.5 Å². The molecule has 0 aliphatic carbocycles. The van der Waals surface area contributed by atoms with E-state index in [0.717, 1.165) is 5.56 Å². The van der Waals surface area contributed by atoms with Crippen LogP contribution in [-0.4, -0.2) is 23.5 Å². The molecular formula is C16H12ClN3O3S. The minimum absolute atomic E-state index is 0.0148. The molecule has 0 saturated heterocycles. The number of benzene rings is 2. The zero-order valence-corrected chi connectivity index (χ0v) is 13.8. The maximum absolute atomic E-state index is 12.5. The van der Waals surface area contributed by atoms with Crippen molar-refractivity contribution in [2.45, 2.75) is 4.90 Å². The Morgan fingerprint density at radius 2 is 1.67 bits per heavy atom. The highest BCUT2D eigenvalue weighted by Crippen LogP contribution is 2.28. The molecule has 0 saturated carbocycles. The smallest absolute Gasteiger partial charge is 0.263 e. The minimum atomic E-state index is -3.85. The summed E-state index contributed by atoms with van der Waals surface area (Å²) >= 11 is 5.88. The van der Waals surface area contributed by atoms with Crippen LogP contribution in [0.4, 0.5) is 5.82 Å². The molecule has 122 valence electrons. The Morgan fingerprint density at radius 1 is 1.00 bits per heavy atom. The molecule has 24 heavy (non-hydrogen) atoms. The van der Waals surface area contributed by atoms with Crippen LogP contribution in [-0.2, 0) is 10.0 Å². The van der Waals surface area contributed by atoms with Gasteiger partial charge in [0.25, 0.3) is 10.0 Å². The van der Waals surface area contributed by atoms with Crippen LogP contribution < -0.4 is 4.72 Å². The van der Waals surface area contributed by atoms with Crippen molar-refractivity contribution >= 4 is 27.4 Å². The fourth-order valence-electron chi connectivity index (χ4n) is 2.06. The van der Waals surface area contributed by atoms with Gasteiger partial charge in [0.2, 0.25) is 0 Å². The lowest BCUT2D eigenvalue weighted by molar-refractivity contribution is 0.475. The zero-order valence-electron chi connectivity index (χ0n) is 12.2. The molecule has 3 rings (SSSR count). The van der Waals surface area contributed by atoms with Crippen molar-refractivity contribution in [2.75, 3.05) is 4.72 Å². The third-order valence-electron chi connectivity index (χ3n) is 3.25. The summed E-state index contributed by atoms with van der Waals surface area (Å²) in [6.07, 6.45) is 2.78. The van der Waals surface area contributed by atoms with Crippen molar-refractivity contribution in [2.24, 2.45) is 0 Å². The van der Waals surface area contributed by atoms with Gasteiger partial charge in [0.05, 0.1) is 4.90 Å². The number of aromatic hydroxyl groups is 1. The lowest BCUT2D eigenvalue weighted by Gasteiger charge is -2.11. The molecule has 0 amide bonds. The lowest BCUT2D eigenvalue weighted by Crippen LogP contribution is -2.14. The van der Waals surface area contributed by atoms with E-state index < -0.39 is 10.0 Å². The van der Waals surface area contributed by atoms with Crippen LogP contribution in [0.5, 0.6) is 5.75 Å². The third kappa shape index (κ3) is 3.47. The molecule has 0 fully saturated rings. The van der Waals surface area contributed by atoms with Crippen LogP contribution in [0, 0.1) is 0 Å². The summed E-state index contributed by atoms with van der Waals surface area (Å²) in [5.74, 6) is 0.137. The maximum Gasteiger partial charge on any atom is 0.263 e. The van der Waals surface area contributed by atoms with E-state index in [9.17, 15) is 13.5 Å². The first kappa shape index (κ1) is 16.2. The predicted octanol–water partition coefficient (Wildman–Crippen LogP) is 3.30. The van der Waals surface area contributed by atoms with Crippen molar-refractivity contribution < 1.29 is 13.5 Å².